The zero-order valence-electron chi connectivity index (χ0n) is 20.1. The number of rotatable bonds is 4. The number of nitrogens with one attached hydrogen (secondary N) is 1. The van der Waals surface area contributed by atoms with Crippen LogP contribution >= 0.6 is 23.2 Å². The molecule has 0 saturated carbocycles. The second-order valence-electron chi connectivity index (χ2n) is 9.48. The fourth-order valence-corrected chi connectivity index (χ4v) is 5.39. The van der Waals surface area contributed by atoms with Gasteiger partial charge < -0.3 is 20.2 Å². The average Bonchev–Trinajstić information content (AvgIpc) is 3.27. The van der Waals surface area contributed by atoms with Gasteiger partial charge >= 0.3 is 18.4 Å². The van der Waals surface area contributed by atoms with Crippen molar-refractivity contribution in [3.05, 3.63) is 57.6 Å². The summed E-state index contributed by atoms with van der Waals surface area (Å²) in [5.74, 6) is -1.24. The molecule has 0 aromatic heterocycles. The highest BCUT2D eigenvalue weighted by Gasteiger charge is 2.65. The molecule has 2 aliphatic heterocycles. The third-order valence-corrected chi connectivity index (χ3v) is 8.11. The van der Waals surface area contributed by atoms with E-state index in [9.17, 15) is 36.2 Å². The maximum Gasteiger partial charge on any atom is 0.435 e. The fraction of sp³-hybridized carbons (Fsp3) is 0.500. The SMILES string of the molecule is CCNC(=O)N1CC(O)(c2ccc(C3=NOC(C4=CC(C(F)(F)F)=C(Cl)C(Cl)C4C)(C(F)(F)F)C3)cc2)C1. The number of aliphatic hydroxyl groups is 1. The smallest absolute Gasteiger partial charge is 0.381 e. The molecule has 0 bridgehead atoms. The molecule has 3 atom stereocenters. The predicted octanol–water partition coefficient (Wildman–Crippen LogP) is 5.58. The van der Waals surface area contributed by atoms with E-state index in [-0.39, 0.29) is 30.4 Å². The van der Waals surface area contributed by atoms with Gasteiger partial charge in [0.1, 0.15) is 5.60 Å². The van der Waals surface area contributed by atoms with Crippen LogP contribution in [0.4, 0.5) is 31.1 Å². The Balaban J connectivity index is 1.60. The molecule has 0 radical (unpaired) electrons. The van der Waals surface area contributed by atoms with Crippen molar-refractivity contribution in [2.45, 2.75) is 49.2 Å². The Hall–Kier alpha value is -2.44. The minimum atomic E-state index is -5.14. The molecule has 1 aromatic rings. The van der Waals surface area contributed by atoms with E-state index >= 15 is 0 Å². The van der Waals surface area contributed by atoms with Crippen LogP contribution in [-0.2, 0) is 10.4 Å². The molecule has 1 aliphatic carbocycles. The van der Waals surface area contributed by atoms with Crippen molar-refractivity contribution in [1.82, 2.24) is 10.2 Å². The monoisotopic (exact) mass is 585 g/mol. The molecule has 4 rings (SSSR count). The van der Waals surface area contributed by atoms with Crippen LogP contribution in [0.2, 0.25) is 0 Å². The second-order valence-corrected chi connectivity index (χ2v) is 10.4. The van der Waals surface area contributed by atoms with E-state index < -0.39 is 57.4 Å². The Bertz CT molecular complexity index is 1210. The van der Waals surface area contributed by atoms with Gasteiger partial charge in [0.05, 0.1) is 29.8 Å². The maximum atomic E-state index is 14.5. The highest BCUT2D eigenvalue weighted by atomic mass is 35.5. The minimum absolute atomic E-state index is 0.0304. The second kappa shape index (κ2) is 9.63. The normalized spacial score (nSPS) is 27.4. The van der Waals surface area contributed by atoms with E-state index in [1.54, 1.807) is 6.92 Å². The lowest BCUT2D eigenvalue weighted by Crippen LogP contribution is -2.63. The van der Waals surface area contributed by atoms with Crippen LogP contribution in [0.5, 0.6) is 0 Å². The zero-order chi connectivity index (χ0) is 28.3. The largest absolute Gasteiger partial charge is 0.435 e. The van der Waals surface area contributed by atoms with E-state index in [0.717, 1.165) is 0 Å². The first-order valence-corrected chi connectivity index (χ1v) is 12.4. The highest BCUT2D eigenvalue weighted by Crippen LogP contribution is 2.53. The van der Waals surface area contributed by atoms with Gasteiger partial charge in [0.2, 0.25) is 0 Å². The molecule has 3 aliphatic rings. The molecule has 3 unspecified atom stereocenters. The Kier molecular flexibility index (Phi) is 7.24. The van der Waals surface area contributed by atoms with Crippen molar-refractivity contribution in [2.24, 2.45) is 11.1 Å². The topological polar surface area (TPSA) is 74.2 Å². The van der Waals surface area contributed by atoms with Gasteiger partial charge in [-0.2, -0.15) is 26.3 Å². The number of halogens is 8. The first-order valence-electron chi connectivity index (χ1n) is 11.5. The van der Waals surface area contributed by atoms with E-state index in [0.29, 0.717) is 18.2 Å². The third-order valence-electron chi connectivity index (χ3n) is 6.96. The van der Waals surface area contributed by atoms with Crippen LogP contribution in [-0.4, -0.2) is 64.7 Å². The lowest BCUT2D eigenvalue weighted by molar-refractivity contribution is -0.255. The molecule has 14 heteroatoms. The van der Waals surface area contributed by atoms with E-state index in [1.165, 1.54) is 36.1 Å². The van der Waals surface area contributed by atoms with Crippen molar-refractivity contribution < 1.29 is 41.1 Å². The van der Waals surface area contributed by atoms with Gasteiger partial charge in [-0.25, -0.2) is 4.79 Å². The average molecular weight is 586 g/mol. The van der Waals surface area contributed by atoms with Crippen LogP contribution in [0.25, 0.3) is 0 Å². The van der Waals surface area contributed by atoms with E-state index in [4.69, 9.17) is 28.0 Å². The zero-order valence-corrected chi connectivity index (χ0v) is 21.6. The number of nitrogens with zero attached hydrogens (tertiary/aromatic N) is 2. The summed E-state index contributed by atoms with van der Waals surface area (Å²) < 4.78 is 84.0. The summed E-state index contributed by atoms with van der Waals surface area (Å²) in [5.41, 5.74) is -6.19. The molecule has 2 N–H and O–H groups in total. The van der Waals surface area contributed by atoms with Crippen molar-refractivity contribution in [3.63, 3.8) is 0 Å². The van der Waals surface area contributed by atoms with Crippen LogP contribution in [0.1, 0.15) is 31.4 Å². The minimum Gasteiger partial charge on any atom is -0.381 e. The van der Waals surface area contributed by atoms with Crippen molar-refractivity contribution in [2.75, 3.05) is 19.6 Å². The summed E-state index contributed by atoms with van der Waals surface area (Å²) in [5, 5.41) is 14.7. The number of amides is 2. The number of β-amino-alcohol motifs (C(OH)–C–C–N with tert-alkyl or cyclic N) is 1. The summed E-state index contributed by atoms with van der Waals surface area (Å²) in [7, 11) is 0. The molecule has 208 valence electrons. The van der Waals surface area contributed by atoms with Gasteiger partial charge in [0.25, 0.3) is 5.60 Å². The van der Waals surface area contributed by atoms with Gasteiger partial charge in [-0.15, -0.1) is 11.6 Å². The molecule has 2 amide bonds. The van der Waals surface area contributed by atoms with Gasteiger partial charge in [-0.1, -0.05) is 47.9 Å². The molecule has 2 heterocycles. The number of alkyl halides is 7. The molecule has 0 spiro atoms. The van der Waals surface area contributed by atoms with Gasteiger partial charge in [-0.05, 0) is 29.7 Å². The summed E-state index contributed by atoms with van der Waals surface area (Å²) in [6, 6.07) is 5.50. The fourth-order valence-electron chi connectivity index (χ4n) is 4.79. The number of benzene rings is 1. The maximum absolute atomic E-state index is 14.5. The molecule has 6 nitrogen and oxygen atoms in total. The van der Waals surface area contributed by atoms with Gasteiger partial charge in [0.15, 0.2) is 0 Å². The van der Waals surface area contributed by atoms with Crippen molar-refractivity contribution >= 4 is 34.9 Å². The molecular formula is C24H23Cl2F6N3O3. The molecule has 1 saturated heterocycles. The summed E-state index contributed by atoms with van der Waals surface area (Å²) in [6.07, 6.45) is -10.7. The number of hydrogen-bond acceptors (Lipinski definition) is 4. The Labute approximate surface area is 223 Å². The lowest BCUT2D eigenvalue weighted by atomic mass is 9.75. The summed E-state index contributed by atoms with van der Waals surface area (Å²) in [4.78, 5) is 18.2. The van der Waals surface area contributed by atoms with Crippen LogP contribution in [0.15, 0.2) is 51.7 Å². The molecule has 38 heavy (non-hydrogen) atoms. The number of likely N-dealkylation sites (tertiary alicyclic amines) is 1. The number of oxime groups is 1. The van der Waals surface area contributed by atoms with Gasteiger partial charge in [-0.3, -0.25) is 0 Å². The number of hydrogen-bond donors (Lipinski definition) is 2. The van der Waals surface area contributed by atoms with Crippen molar-refractivity contribution in [1.29, 1.82) is 0 Å². The number of carbonyl (C=O) groups excluding carboxylic acids is 1. The van der Waals surface area contributed by atoms with E-state index in [1.807, 2.05) is 0 Å². The van der Waals surface area contributed by atoms with Crippen LogP contribution in [0.3, 0.4) is 0 Å². The van der Waals surface area contributed by atoms with E-state index in [2.05, 4.69) is 10.5 Å². The molecular weight excluding hydrogens is 563 g/mol. The summed E-state index contributed by atoms with van der Waals surface area (Å²) in [6.45, 7) is 3.48. The summed E-state index contributed by atoms with van der Waals surface area (Å²) >= 11 is 11.8. The van der Waals surface area contributed by atoms with Gasteiger partial charge in [0, 0.05) is 23.9 Å². The predicted molar refractivity (Wildman–Crippen MR) is 128 cm³/mol. The Morgan fingerprint density at radius 3 is 2.34 bits per heavy atom. The number of carbonyl (C=O) groups is 1. The number of urea groups is 1. The van der Waals surface area contributed by atoms with Crippen LogP contribution < -0.4 is 5.32 Å². The first kappa shape index (κ1) is 28.6. The Morgan fingerprint density at radius 1 is 1.21 bits per heavy atom. The number of allylic oxidation sites excluding steroid dienone is 3. The lowest BCUT2D eigenvalue weighted by Gasteiger charge is -2.46. The van der Waals surface area contributed by atoms with Crippen molar-refractivity contribution in [3.8, 4) is 0 Å². The highest BCUT2D eigenvalue weighted by molar-refractivity contribution is 6.38. The third kappa shape index (κ3) is 4.75. The quantitative estimate of drug-likeness (QED) is 0.358. The first-order chi connectivity index (χ1) is 17.5. The Morgan fingerprint density at radius 2 is 1.82 bits per heavy atom. The standard InChI is InChI=1S/C24H23Cl2F6N3O3/c1-3-33-20(36)35-10-21(37,11-35)14-6-4-13(5-7-14)17-9-22(38-34-17,24(30,31)32)15-8-16(23(27,28)29)19(26)18(25)12(15)2/h4-8,12,18,37H,3,9-11H2,1-2H3,(H,33,36). The van der Waals surface area contributed by atoms with Crippen LogP contribution in [0, 0.1) is 5.92 Å². The molecule has 1 fully saturated rings. The molecule has 1 aromatic carbocycles.